The molecule has 0 spiro atoms. The van der Waals surface area contributed by atoms with Crippen molar-refractivity contribution in [3.05, 3.63) is 28.8 Å². The highest BCUT2D eigenvalue weighted by molar-refractivity contribution is 6.31. The topological polar surface area (TPSA) is 123 Å². The number of nitrogen functional groups attached to an aromatic ring is 1. The number of hydrogen-bond acceptors (Lipinski definition) is 6. The zero-order valence-corrected chi connectivity index (χ0v) is 18.1. The van der Waals surface area contributed by atoms with E-state index in [2.05, 4.69) is 20.4 Å². The van der Waals surface area contributed by atoms with Crippen LogP contribution in [0.1, 0.15) is 25.3 Å². The van der Waals surface area contributed by atoms with Gasteiger partial charge in [-0.15, -0.1) is 0 Å². The van der Waals surface area contributed by atoms with E-state index in [0.717, 1.165) is 4.68 Å². The number of amides is 1. The van der Waals surface area contributed by atoms with Crippen molar-refractivity contribution in [1.29, 1.82) is 5.26 Å². The van der Waals surface area contributed by atoms with Crippen LogP contribution in [0.2, 0.25) is 5.02 Å². The Bertz CT molecular complexity index is 1360. The largest absolute Gasteiger partial charge is 0.453 e. The molecule has 0 radical (unpaired) electrons. The third-order valence-corrected chi connectivity index (χ3v) is 5.87. The van der Waals surface area contributed by atoms with Crippen molar-refractivity contribution in [1.82, 2.24) is 19.7 Å². The lowest BCUT2D eigenvalue weighted by atomic mass is 9.82. The number of anilines is 2. The molecular formula is C20H15ClF5N7O. The predicted molar refractivity (Wildman–Crippen MR) is 112 cm³/mol. The number of aryl methyl sites for hydroxylation is 1. The average molecular weight is 500 g/mol. The van der Waals surface area contributed by atoms with Crippen LogP contribution in [0.25, 0.3) is 22.4 Å². The monoisotopic (exact) mass is 499 g/mol. The first kappa shape index (κ1) is 23.6. The third-order valence-electron chi connectivity index (χ3n) is 5.63. The lowest BCUT2D eigenvalue weighted by molar-refractivity contribution is -0.285. The number of nitriles is 1. The molecule has 0 saturated heterocycles. The highest BCUT2D eigenvalue weighted by Gasteiger charge is 2.56. The summed E-state index contributed by atoms with van der Waals surface area (Å²) in [7, 11) is 0. The number of aromatic nitrogens is 4. The summed E-state index contributed by atoms with van der Waals surface area (Å²) in [6.45, 7) is 0.741. The zero-order chi connectivity index (χ0) is 25.1. The van der Waals surface area contributed by atoms with Gasteiger partial charge < -0.3 is 11.1 Å². The number of carbonyl (C=O) groups is 1. The van der Waals surface area contributed by atoms with Gasteiger partial charge in [-0.25, -0.2) is 9.97 Å². The number of nitrogens with zero attached hydrogens (tertiary/aromatic N) is 5. The minimum atomic E-state index is -5.71. The van der Waals surface area contributed by atoms with Gasteiger partial charge in [0.2, 0.25) is 5.91 Å². The van der Waals surface area contributed by atoms with E-state index in [0.29, 0.717) is 5.39 Å². The number of nitrogens with two attached hydrogens (primary N) is 1. The van der Waals surface area contributed by atoms with Gasteiger partial charge in [-0.3, -0.25) is 9.48 Å². The van der Waals surface area contributed by atoms with Crippen LogP contribution in [0.15, 0.2) is 18.2 Å². The Morgan fingerprint density at radius 1 is 1.26 bits per heavy atom. The van der Waals surface area contributed by atoms with Gasteiger partial charge >= 0.3 is 12.1 Å². The Morgan fingerprint density at radius 3 is 2.62 bits per heavy atom. The molecule has 178 valence electrons. The molecule has 3 heterocycles. The Balaban J connectivity index is 1.81. The van der Waals surface area contributed by atoms with Crippen LogP contribution in [0.4, 0.5) is 33.6 Å². The summed E-state index contributed by atoms with van der Waals surface area (Å²) in [5.74, 6) is -5.55. The maximum absolute atomic E-state index is 13.5. The molecule has 4 rings (SSSR count). The number of benzene rings is 1. The molecule has 1 aromatic carbocycles. The molecule has 14 heteroatoms. The van der Waals surface area contributed by atoms with E-state index >= 15 is 0 Å². The molecule has 0 fully saturated rings. The lowest BCUT2D eigenvalue weighted by Gasteiger charge is -2.19. The first-order chi connectivity index (χ1) is 15.8. The summed E-state index contributed by atoms with van der Waals surface area (Å²) >= 11 is 5.99. The number of alkyl halides is 5. The van der Waals surface area contributed by atoms with Crippen LogP contribution in [0.3, 0.4) is 0 Å². The van der Waals surface area contributed by atoms with E-state index < -0.39 is 36.4 Å². The lowest BCUT2D eigenvalue weighted by Crippen LogP contribution is -2.37. The van der Waals surface area contributed by atoms with Crippen LogP contribution < -0.4 is 11.1 Å². The molecule has 0 saturated carbocycles. The van der Waals surface area contributed by atoms with Crippen molar-refractivity contribution < 1.29 is 26.7 Å². The van der Waals surface area contributed by atoms with Crippen molar-refractivity contribution >= 4 is 40.0 Å². The van der Waals surface area contributed by atoms with Crippen LogP contribution in [-0.2, 0) is 16.8 Å². The zero-order valence-electron chi connectivity index (χ0n) is 17.3. The number of carbonyl (C=O) groups excluding carboxylic acids is 1. The van der Waals surface area contributed by atoms with E-state index in [1.165, 1.54) is 25.1 Å². The minimum Gasteiger partial charge on any atom is -0.383 e. The fourth-order valence-corrected chi connectivity index (χ4v) is 3.94. The summed E-state index contributed by atoms with van der Waals surface area (Å²) in [5.41, 5.74) is 5.27. The van der Waals surface area contributed by atoms with Crippen molar-refractivity contribution in [3.8, 4) is 17.6 Å². The summed E-state index contributed by atoms with van der Waals surface area (Å²) in [6, 6.07) is 6.25. The van der Waals surface area contributed by atoms with Crippen molar-refractivity contribution in [3.63, 3.8) is 0 Å². The molecule has 1 amide bonds. The van der Waals surface area contributed by atoms with Gasteiger partial charge in [0.15, 0.2) is 5.82 Å². The van der Waals surface area contributed by atoms with Gasteiger partial charge in [-0.05, 0) is 25.1 Å². The molecule has 34 heavy (non-hydrogen) atoms. The van der Waals surface area contributed by atoms with Gasteiger partial charge in [0.1, 0.15) is 17.3 Å². The molecule has 2 aromatic heterocycles. The standard InChI is InChI=1S/C20H15ClF5N7O/c1-18(4-6-27)12-14(28)29-16(30-15(12)31-17(18)34)13-10-3-2-9(21)8-11(10)33(32-13)7-5-19(22,23)20(24,25)26/h2-3,8H,4-5,7H2,1H3,(H3,28,29,30,31,34). The third kappa shape index (κ3) is 3.67. The quantitative estimate of drug-likeness (QED) is 0.500. The Morgan fingerprint density at radius 2 is 1.97 bits per heavy atom. The molecule has 1 atom stereocenters. The highest BCUT2D eigenvalue weighted by Crippen LogP contribution is 2.43. The second-order valence-electron chi connectivity index (χ2n) is 7.96. The first-order valence-electron chi connectivity index (χ1n) is 9.76. The van der Waals surface area contributed by atoms with Gasteiger partial charge in [0, 0.05) is 23.4 Å². The first-order valence-corrected chi connectivity index (χ1v) is 10.1. The second-order valence-corrected chi connectivity index (χ2v) is 8.40. The molecule has 1 unspecified atom stereocenters. The van der Waals surface area contributed by atoms with E-state index in [4.69, 9.17) is 22.6 Å². The van der Waals surface area contributed by atoms with Crippen molar-refractivity contribution in [2.24, 2.45) is 0 Å². The molecule has 0 aliphatic carbocycles. The second kappa shape index (κ2) is 7.76. The fraction of sp³-hybridized carbons (Fsp3) is 0.350. The van der Waals surface area contributed by atoms with E-state index in [9.17, 15) is 26.7 Å². The summed E-state index contributed by atoms with van der Waals surface area (Å²) in [5, 5.41) is 16.3. The number of nitrogens with one attached hydrogen (secondary N) is 1. The molecule has 1 aliphatic rings. The summed E-state index contributed by atoms with van der Waals surface area (Å²) in [4.78, 5) is 20.9. The molecular weight excluding hydrogens is 485 g/mol. The molecule has 1 aliphatic heterocycles. The number of fused-ring (bicyclic) bond motifs is 2. The van der Waals surface area contributed by atoms with Gasteiger partial charge in [-0.1, -0.05) is 11.6 Å². The molecule has 8 nitrogen and oxygen atoms in total. The van der Waals surface area contributed by atoms with Crippen LogP contribution >= 0.6 is 11.6 Å². The van der Waals surface area contributed by atoms with Crippen molar-refractivity contribution in [2.45, 2.75) is 43.8 Å². The Kier molecular flexibility index (Phi) is 5.39. The summed E-state index contributed by atoms with van der Waals surface area (Å²) in [6.07, 6.45) is -7.43. The van der Waals surface area contributed by atoms with E-state index in [-0.39, 0.29) is 45.7 Å². The number of halogens is 6. The predicted octanol–water partition coefficient (Wildman–Crippen LogP) is 4.44. The van der Waals surface area contributed by atoms with Crippen molar-refractivity contribution in [2.75, 3.05) is 11.1 Å². The number of hydrogen-bond donors (Lipinski definition) is 2. The number of rotatable bonds is 5. The molecule has 0 bridgehead atoms. The van der Waals surface area contributed by atoms with Crippen LogP contribution in [0, 0.1) is 11.3 Å². The van der Waals surface area contributed by atoms with Gasteiger partial charge in [0.05, 0.1) is 29.0 Å². The van der Waals surface area contributed by atoms with E-state index in [1.54, 1.807) is 0 Å². The molecule has 3 aromatic rings. The average Bonchev–Trinajstić information content (AvgIpc) is 3.20. The summed E-state index contributed by atoms with van der Waals surface area (Å²) < 4.78 is 65.8. The van der Waals surface area contributed by atoms with E-state index in [1.807, 2.05) is 6.07 Å². The maximum Gasteiger partial charge on any atom is 0.453 e. The van der Waals surface area contributed by atoms with Crippen LogP contribution in [-0.4, -0.2) is 37.8 Å². The smallest absolute Gasteiger partial charge is 0.383 e. The molecule has 3 N–H and O–H groups in total. The maximum atomic E-state index is 13.5. The van der Waals surface area contributed by atoms with Gasteiger partial charge in [0.25, 0.3) is 0 Å². The highest BCUT2D eigenvalue weighted by atomic mass is 35.5. The Hall–Kier alpha value is -3.53. The Labute approximate surface area is 193 Å². The van der Waals surface area contributed by atoms with Gasteiger partial charge in [-0.2, -0.15) is 32.3 Å². The normalized spacial score (nSPS) is 18.1. The van der Waals surface area contributed by atoms with Crippen LogP contribution in [0.5, 0.6) is 0 Å². The SMILES string of the molecule is CC1(CC#N)C(=O)Nc2nc(-c3nn(CCC(F)(F)C(F)(F)F)c4cc(Cl)ccc34)nc(N)c21. The minimum absolute atomic E-state index is 0.0413. The fourth-order valence-electron chi connectivity index (χ4n) is 3.77.